The molecule has 0 saturated carbocycles. The van der Waals surface area contributed by atoms with Gasteiger partial charge in [0.25, 0.3) is 0 Å². The number of hydrogen-bond acceptors (Lipinski definition) is 3. The van der Waals surface area contributed by atoms with Crippen molar-refractivity contribution in [2.45, 2.75) is 0 Å². The van der Waals surface area contributed by atoms with Gasteiger partial charge in [0.1, 0.15) is 0 Å². The molecule has 0 saturated heterocycles. The maximum atomic E-state index is 8.00. The maximum absolute atomic E-state index is 8.00. The van der Waals surface area contributed by atoms with Crippen molar-refractivity contribution in [3.8, 4) is 0 Å². The Balaban J connectivity index is 0. The van der Waals surface area contributed by atoms with Crippen LogP contribution in [0.5, 0.6) is 0 Å². The molecule has 0 aromatic carbocycles. The maximum Gasteiger partial charge on any atom is 0 e. The molecule has 0 fully saturated rings. The molecule has 4 heavy (non-hydrogen) atoms. The van der Waals surface area contributed by atoms with Gasteiger partial charge < -0.3 is 10.1 Å². The van der Waals surface area contributed by atoms with E-state index in [-0.39, 0.29) is 27.7 Å². The van der Waals surface area contributed by atoms with E-state index in [0.29, 0.717) is 0 Å². The number of nitrogens with zero attached hydrogens (tertiary/aromatic N) is 1. The van der Waals surface area contributed by atoms with Crippen LogP contribution in [0.4, 0.5) is 0 Å². The summed E-state index contributed by atoms with van der Waals surface area (Å²) in [4.78, 5) is 8.00. The van der Waals surface area contributed by atoms with Crippen LogP contribution in [0.2, 0.25) is 0 Å². The zero-order valence-corrected chi connectivity index (χ0v) is 7.47. The average molecular weight is 247 g/mol. The molecule has 4 heteroatoms. The SMILES string of the molecule is O=N[O-].[Hg]. The van der Waals surface area contributed by atoms with Gasteiger partial charge in [-0.1, -0.05) is 0 Å². The van der Waals surface area contributed by atoms with Crippen molar-refractivity contribution in [2.75, 3.05) is 0 Å². The van der Waals surface area contributed by atoms with Crippen LogP contribution < -0.4 is 0 Å². The molecule has 0 rings (SSSR count). The van der Waals surface area contributed by atoms with Crippen molar-refractivity contribution in [3.05, 3.63) is 10.1 Å². The fourth-order valence-electron chi connectivity index (χ4n) is 0. The summed E-state index contributed by atoms with van der Waals surface area (Å²) in [5.74, 6) is 0. The summed E-state index contributed by atoms with van der Waals surface area (Å²) in [6, 6.07) is 0. The van der Waals surface area contributed by atoms with Gasteiger partial charge in [-0.25, -0.2) is 0 Å². The molecule has 0 amide bonds. The quantitative estimate of drug-likeness (QED) is 0.349. The summed E-state index contributed by atoms with van der Waals surface area (Å²) in [6.07, 6.45) is 0. The Morgan fingerprint density at radius 3 is 1.75 bits per heavy atom. The third kappa shape index (κ3) is 37.1. The van der Waals surface area contributed by atoms with Crippen LogP contribution in [0.1, 0.15) is 0 Å². The van der Waals surface area contributed by atoms with Crippen molar-refractivity contribution >= 4 is 0 Å². The summed E-state index contributed by atoms with van der Waals surface area (Å²) in [5.41, 5.74) is 0. The molecule has 0 aliphatic heterocycles. The van der Waals surface area contributed by atoms with Crippen molar-refractivity contribution < 1.29 is 27.7 Å². The predicted molar refractivity (Wildman–Crippen MR) is 9.16 cm³/mol. The topological polar surface area (TPSA) is 52.5 Å². The second-order valence-corrected chi connectivity index (χ2v) is 0.0745. The van der Waals surface area contributed by atoms with E-state index in [9.17, 15) is 0 Å². The van der Waals surface area contributed by atoms with Gasteiger partial charge in [-0.2, -0.15) is 0 Å². The minimum absolute atomic E-state index is 0. The molecule has 3 nitrogen and oxygen atoms in total. The number of rotatable bonds is 0. The van der Waals surface area contributed by atoms with Crippen LogP contribution in [0.15, 0.2) is 5.34 Å². The van der Waals surface area contributed by atoms with Gasteiger partial charge >= 0.3 is 0 Å². The zero-order chi connectivity index (χ0) is 2.71. The molecule has 0 heterocycles. The Morgan fingerprint density at radius 1 is 1.75 bits per heavy atom. The normalized spacial score (nSPS) is 3.00. The summed E-state index contributed by atoms with van der Waals surface area (Å²) in [7, 11) is 0. The Hall–Kier alpha value is 0.335. The summed E-state index contributed by atoms with van der Waals surface area (Å²) in [6.45, 7) is 0. The molecular formula is HgNO2-. The molecule has 0 unspecified atom stereocenters. The second kappa shape index (κ2) is 10.2. The van der Waals surface area contributed by atoms with Crippen LogP contribution in [0.3, 0.4) is 0 Å². The molecule has 0 N–H and O–H groups in total. The van der Waals surface area contributed by atoms with Gasteiger partial charge in [0.05, 0.1) is 0 Å². The smallest absolute Gasteiger partial charge is 0 e. The first kappa shape index (κ1) is 8.84. The largest absolute Gasteiger partial charge is 0.444 e. The summed E-state index contributed by atoms with van der Waals surface area (Å²) >= 11 is 0. The van der Waals surface area contributed by atoms with Gasteiger partial charge in [0.2, 0.25) is 0 Å². The molecule has 20 valence electrons. The standard InChI is InChI=1S/Hg.HNO2/c;2-1-3/h;(H,2,3)/p-1. The molecule has 0 radical (unpaired) electrons. The molecule has 0 aromatic heterocycles. The molecule has 0 aliphatic carbocycles. The van der Waals surface area contributed by atoms with Crippen molar-refractivity contribution in [1.29, 1.82) is 0 Å². The minimum Gasteiger partial charge on any atom is -0.444 e. The van der Waals surface area contributed by atoms with Crippen molar-refractivity contribution in [1.82, 2.24) is 0 Å². The molecule has 0 atom stereocenters. The first-order chi connectivity index (χ1) is 1.41. The Kier molecular flexibility index (Phi) is 22.6. The third-order valence-electron chi connectivity index (χ3n) is 0. The van der Waals surface area contributed by atoms with E-state index in [1.54, 1.807) is 0 Å². The van der Waals surface area contributed by atoms with E-state index in [2.05, 4.69) is 0 Å². The van der Waals surface area contributed by atoms with Gasteiger partial charge in [-0.3, -0.25) is 0 Å². The minimum atomic E-state index is 0. The van der Waals surface area contributed by atoms with Crippen molar-refractivity contribution in [2.24, 2.45) is 5.34 Å². The van der Waals surface area contributed by atoms with Crippen LogP contribution in [-0.2, 0) is 27.7 Å². The molecule has 0 aliphatic rings. The summed E-state index contributed by atoms with van der Waals surface area (Å²) in [5, 5.41) is 9.00. The van der Waals surface area contributed by atoms with Crippen LogP contribution in [-0.4, -0.2) is 0 Å². The third-order valence-corrected chi connectivity index (χ3v) is 0. The fraction of sp³-hybridized carbons (Fsp3) is 0. The molecule has 0 aromatic rings. The van der Waals surface area contributed by atoms with Gasteiger partial charge in [0, 0.05) is 27.7 Å². The van der Waals surface area contributed by atoms with E-state index in [0.717, 1.165) is 5.34 Å². The molecule has 0 bridgehead atoms. The Labute approximate surface area is 43.4 Å². The molecular weight excluding hydrogens is 247 g/mol. The zero-order valence-electron chi connectivity index (χ0n) is 1.97. The van der Waals surface area contributed by atoms with E-state index < -0.39 is 0 Å². The number of hydrogen-bond donors (Lipinski definition) is 0. The molecule has 0 spiro atoms. The van der Waals surface area contributed by atoms with Crippen molar-refractivity contribution in [3.63, 3.8) is 0 Å². The van der Waals surface area contributed by atoms with E-state index in [1.807, 2.05) is 0 Å². The first-order valence-corrected chi connectivity index (χ1v) is 0.365. The summed E-state index contributed by atoms with van der Waals surface area (Å²) < 4.78 is 0. The van der Waals surface area contributed by atoms with Gasteiger partial charge in [0.15, 0.2) is 0 Å². The van der Waals surface area contributed by atoms with Gasteiger partial charge in [-0.15, -0.1) is 5.34 Å². The van der Waals surface area contributed by atoms with E-state index in [1.165, 1.54) is 0 Å². The van der Waals surface area contributed by atoms with Crippen LogP contribution in [0, 0.1) is 10.1 Å². The van der Waals surface area contributed by atoms with E-state index in [4.69, 9.17) is 10.1 Å². The first-order valence-electron chi connectivity index (χ1n) is 0.365. The predicted octanol–water partition coefficient (Wildman–Crippen LogP) is 0.248. The monoisotopic (exact) mass is 248 g/mol. The fourth-order valence-corrected chi connectivity index (χ4v) is 0. The van der Waals surface area contributed by atoms with Gasteiger partial charge in [-0.05, 0) is 0 Å². The second-order valence-electron chi connectivity index (χ2n) is 0.0745. The Morgan fingerprint density at radius 2 is 1.75 bits per heavy atom. The Bertz CT molecular complexity index is 13.5. The van der Waals surface area contributed by atoms with Crippen LogP contribution >= 0.6 is 0 Å². The average Bonchev–Trinajstić information content (AvgIpc) is 0.918. The van der Waals surface area contributed by atoms with E-state index >= 15 is 0 Å². The van der Waals surface area contributed by atoms with Crippen LogP contribution in [0.25, 0.3) is 0 Å².